The summed E-state index contributed by atoms with van der Waals surface area (Å²) in [7, 11) is 4.12. The molecule has 0 aromatic rings. The third-order valence-electron chi connectivity index (χ3n) is 4.70. The van der Waals surface area contributed by atoms with E-state index in [1.807, 2.05) is 11.9 Å². The highest BCUT2D eigenvalue weighted by atomic mass is 16.2. The van der Waals surface area contributed by atoms with Crippen LogP contribution in [-0.2, 0) is 4.79 Å². The third kappa shape index (κ3) is 3.23. The van der Waals surface area contributed by atoms with E-state index >= 15 is 0 Å². The van der Waals surface area contributed by atoms with Crippen LogP contribution >= 0.6 is 0 Å². The second-order valence-corrected chi connectivity index (χ2v) is 6.10. The van der Waals surface area contributed by atoms with Crippen molar-refractivity contribution in [1.29, 1.82) is 0 Å². The van der Waals surface area contributed by atoms with Gasteiger partial charge in [-0.05, 0) is 58.7 Å². The van der Waals surface area contributed by atoms with Gasteiger partial charge in [-0.25, -0.2) is 0 Å². The SMILES string of the molecule is CN1CCC(C(=O)N(C)C2CCC(N)CC2)CC1. The Bertz CT molecular complexity index is 279. The van der Waals surface area contributed by atoms with Crippen molar-refractivity contribution >= 4 is 5.91 Å². The largest absolute Gasteiger partial charge is 0.343 e. The number of hydrogen-bond acceptors (Lipinski definition) is 3. The van der Waals surface area contributed by atoms with Gasteiger partial charge in [0.1, 0.15) is 0 Å². The molecule has 2 aliphatic rings. The lowest BCUT2D eigenvalue weighted by Gasteiger charge is -2.37. The van der Waals surface area contributed by atoms with Crippen LogP contribution in [0.4, 0.5) is 0 Å². The number of nitrogens with zero attached hydrogens (tertiary/aromatic N) is 2. The van der Waals surface area contributed by atoms with Crippen molar-refractivity contribution in [3.05, 3.63) is 0 Å². The second-order valence-electron chi connectivity index (χ2n) is 6.10. The van der Waals surface area contributed by atoms with Gasteiger partial charge in [0.15, 0.2) is 0 Å². The molecule has 0 spiro atoms. The van der Waals surface area contributed by atoms with E-state index in [1.54, 1.807) is 0 Å². The second kappa shape index (κ2) is 6.02. The zero-order chi connectivity index (χ0) is 13.1. The molecule has 18 heavy (non-hydrogen) atoms. The number of piperidine rings is 1. The maximum Gasteiger partial charge on any atom is 0.225 e. The van der Waals surface area contributed by atoms with Crippen molar-refractivity contribution < 1.29 is 4.79 Å². The molecule has 1 saturated heterocycles. The number of likely N-dealkylation sites (tertiary alicyclic amines) is 1. The molecule has 4 heteroatoms. The van der Waals surface area contributed by atoms with Crippen LogP contribution in [0.1, 0.15) is 38.5 Å². The highest BCUT2D eigenvalue weighted by Gasteiger charge is 2.30. The Morgan fingerprint density at radius 1 is 1.11 bits per heavy atom. The summed E-state index contributed by atoms with van der Waals surface area (Å²) in [6, 6.07) is 0.782. The molecule has 1 saturated carbocycles. The maximum atomic E-state index is 12.5. The van der Waals surface area contributed by atoms with Gasteiger partial charge in [0.25, 0.3) is 0 Å². The molecule has 1 heterocycles. The lowest BCUT2D eigenvalue weighted by atomic mass is 9.89. The van der Waals surface area contributed by atoms with Crippen LogP contribution < -0.4 is 5.73 Å². The first-order chi connectivity index (χ1) is 8.58. The van der Waals surface area contributed by atoms with Crippen LogP contribution in [0.2, 0.25) is 0 Å². The fourth-order valence-corrected chi connectivity index (χ4v) is 3.21. The van der Waals surface area contributed by atoms with Crippen molar-refractivity contribution in [1.82, 2.24) is 9.80 Å². The summed E-state index contributed by atoms with van der Waals surface area (Å²) in [6.07, 6.45) is 6.33. The van der Waals surface area contributed by atoms with E-state index in [4.69, 9.17) is 5.73 Å². The molecule has 104 valence electrons. The number of nitrogens with two attached hydrogens (primary N) is 1. The van der Waals surface area contributed by atoms with E-state index in [2.05, 4.69) is 11.9 Å². The molecular formula is C14H27N3O. The Morgan fingerprint density at radius 3 is 2.22 bits per heavy atom. The summed E-state index contributed by atoms with van der Waals surface area (Å²) in [6.45, 7) is 2.11. The molecule has 0 aromatic heterocycles. The van der Waals surface area contributed by atoms with Gasteiger partial charge < -0.3 is 15.5 Å². The standard InChI is InChI=1S/C14H27N3O/c1-16-9-7-11(8-10-16)14(18)17(2)13-5-3-12(15)4-6-13/h11-13H,3-10,15H2,1-2H3. The predicted molar refractivity (Wildman–Crippen MR) is 73.2 cm³/mol. The third-order valence-corrected chi connectivity index (χ3v) is 4.70. The molecule has 0 unspecified atom stereocenters. The van der Waals surface area contributed by atoms with Gasteiger partial charge in [0.05, 0.1) is 0 Å². The fraction of sp³-hybridized carbons (Fsp3) is 0.929. The van der Waals surface area contributed by atoms with Gasteiger partial charge in [-0.1, -0.05) is 0 Å². The Hall–Kier alpha value is -0.610. The summed E-state index contributed by atoms with van der Waals surface area (Å²) in [5, 5.41) is 0. The van der Waals surface area contributed by atoms with E-state index < -0.39 is 0 Å². The number of hydrogen-bond donors (Lipinski definition) is 1. The Balaban J connectivity index is 1.84. The maximum absolute atomic E-state index is 12.5. The first-order valence-corrected chi connectivity index (χ1v) is 7.28. The summed E-state index contributed by atoms with van der Waals surface area (Å²) in [5.74, 6) is 0.616. The fourth-order valence-electron chi connectivity index (χ4n) is 3.21. The van der Waals surface area contributed by atoms with Gasteiger partial charge in [-0.2, -0.15) is 0 Å². The molecule has 0 bridgehead atoms. The minimum absolute atomic E-state index is 0.252. The number of carbonyl (C=O) groups excluding carboxylic acids is 1. The molecule has 2 rings (SSSR count). The van der Waals surface area contributed by atoms with Gasteiger partial charge >= 0.3 is 0 Å². The van der Waals surface area contributed by atoms with E-state index in [1.165, 1.54) is 0 Å². The summed E-state index contributed by atoms with van der Waals surface area (Å²) in [4.78, 5) is 16.8. The zero-order valence-electron chi connectivity index (χ0n) is 11.8. The number of amides is 1. The van der Waals surface area contributed by atoms with Gasteiger partial charge in [0, 0.05) is 25.0 Å². The zero-order valence-corrected chi connectivity index (χ0v) is 11.8. The molecule has 1 amide bonds. The van der Waals surface area contributed by atoms with Crippen LogP contribution in [0.15, 0.2) is 0 Å². The molecule has 2 fully saturated rings. The van der Waals surface area contributed by atoms with Crippen molar-refractivity contribution in [3.8, 4) is 0 Å². The van der Waals surface area contributed by atoms with Crippen LogP contribution in [0, 0.1) is 5.92 Å². The highest BCUT2D eigenvalue weighted by Crippen LogP contribution is 2.25. The highest BCUT2D eigenvalue weighted by molar-refractivity contribution is 5.79. The Kier molecular flexibility index (Phi) is 4.62. The van der Waals surface area contributed by atoms with Crippen molar-refractivity contribution in [2.45, 2.75) is 50.6 Å². The molecule has 0 atom stereocenters. The summed E-state index contributed by atoms with van der Waals surface area (Å²) in [5.41, 5.74) is 5.92. The van der Waals surface area contributed by atoms with E-state index in [-0.39, 0.29) is 5.92 Å². The molecular weight excluding hydrogens is 226 g/mol. The average molecular weight is 253 g/mol. The van der Waals surface area contributed by atoms with Crippen LogP contribution in [0.3, 0.4) is 0 Å². The first-order valence-electron chi connectivity index (χ1n) is 7.28. The minimum Gasteiger partial charge on any atom is -0.343 e. The van der Waals surface area contributed by atoms with Crippen LogP contribution in [-0.4, -0.2) is 55.0 Å². The van der Waals surface area contributed by atoms with Gasteiger partial charge in [-0.15, -0.1) is 0 Å². The van der Waals surface area contributed by atoms with E-state index in [0.29, 0.717) is 18.0 Å². The average Bonchev–Trinajstić information content (AvgIpc) is 2.39. The predicted octanol–water partition coefficient (Wildman–Crippen LogP) is 1.06. The quantitative estimate of drug-likeness (QED) is 0.800. The molecule has 1 aliphatic carbocycles. The molecule has 1 aliphatic heterocycles. The van der Waals surface area contributed by atoms with Crippen LogP contribution in [0.5, 0.6) is 0 Å². The lowest BCUT2D eigenvalue weighted by Crippen LogP contribution is -2.46. The Morgan fingerprint density at radius 2 is 1.67 bits per heavy atom. The topological polar surface area (TPSA) is 49.6 Å². The number of carbonyl (C=O) groups is 1. The van der Waals surface area contributed by atoms with Crippen molar-refractivity contribution in [2.24, 2.45) is 11.7 Å². The first kappa shape index (κ1) is 13.8. The smallest absolute Gasteiger partial charge is 0.225 e. The van der Waals surface area contributed by atoms with E-state index in [0.717, 1.165) is 51.6 Å². The molecule has 0 aromatic carbocycles. The number of rotatable bonds is 2. The van der Waals surface area contributed by atoms with Crippen LogP contribution in [0.25, 0.3) is 0 Å². The lowest BCUT2D eigenvalue weighted by molar-refractivity contribution is -0.138. The van der Waals surface area contributed by atoms with Crippen molar-refractivity contribution in [3.63, 3.8) is 0 Å². The van der Waals surface area contributed by atoms with Gasteiger partial charge in [0.2, 0.25) is 5.91 Å². The normalized spacial score (nSPS) is 31.3. The molecule has 4 nitrogen and oxygen atoms in total. The summed E-state index contributed by atoms with van der Waals surface area (Å²) < 4.78 is 0. The summed E-state index contributed by atoms with van der Waals surface area (Å²) >= 11 is 0. The Labute approximate surface area is 110 Å². The molecule has 2 N–H and O–H groups in total. The van der Waals surface area contributed by atoms with Gasteiger partial charge in [-0.3, -0.25) is 4.79 Å². The monoisotopic (exact) mass is 253 g/mol. The van der Waals surface area contributed by atoms with E-state index in [9.17, 15) is 4.79 Å². The van der Waals surface area contributed by atoms with Crippen molar-refractivity contribution in [2.75, 3.05) is 27.2 Å². The minimum atomic E-state index is 0.252. The molecule has 0 radical (unpaired) electrons.